The van der Waals surface area contributed by atoms with Crippen LogP contribution in [0.4, 0.5) is 15.9 Å². The van der Waals surface area contributed by atoms with E-state index < -0.39 is 0 Å². The smallest absolute Gasteiger partial charge is 0.176 e. The molecule has 0 aliphatic carbocycles. The fourth-order valence-electron chi connectivity index (χ4n) is 2.36. The first-order valence-corrected chi connectivity index (χ1v) is 8.41. The third kappa shape index (κ3) is 4.55. The maximum atomic E-state index is 13.9. The van der Waals surface area contributed by atoms with Crippen LogP contribution in [0.1, 0.15) is 11.1 Å². The summed E-state index contributed by atoms with van der Waals surface area (Å²) in [6.07, 6.45) is 1.74. The number of rotatable bonds is 4. The Morgan fingerprint density at radius 3 is 2.76 bits per heavy atom. The summed E-state index contributed by atoms with van der Waals surface area (Å²) in [5, 5.41) is 11.3. The average molecular weight is 375 g/mol. The van der Waals surface area contributed by atoms with Crippen LogP contribution in [0.5, 0.6) is 0 Å². The molecule has 4 nitrogen and oxygen atoms in total. The van der Waals surface area contributed by atoms with Crippen LogP contribution in [0.25, 0.3) is 0 Å². The number of hydrogen-bond donors (Lipinski definition) is 2. The molecule has 0 unspecified atom stereocenters. The second-order valence-electron chi connectivity index (χ2n) is 5.55. The lowest BCUT2D eigenvalue weighted by Gasteiger charge is -2.09. The van der Waals surface area contributed by atoms with E-state index in [0.717, 1.165) is 11.3 Å². The SMILES string of the molecule is Cc1cccc(NC(=S)Nc2ccn(Cc3c(F)cccc3Cl)n2)c1. The summed E-state index contributed by atoms with van der Waals surface area (Å²) in [5.41, 5.74) is 2.44. The van der Waals surface area contributed by atoms with Crippen molar-refractivity contribution in [1.29, 1.82) is 0 Å². The molecule has 3 aromatic rings. The normalized spacial score (nSPS) is 10.5. The minimum atomic E-state index is -0.353. The zero-order valence-corrected chi connectivity index (χ0v) is 15.0. The first kappa shape index (κ1) is 17.4. The summed E-state index contributed by atoms with van der Waals surface area (Å²) in [5.74, 6) is 0.215. The van der Waals surface area contributed by atoms with Gasteiger partial charge in [0.2, 0.25) is 0 Å². The van der Waals surface area contributed by atoms with Gasteiger partial charge in [-0.1, -0.05) is 29.8 Å². The number of benzene rings is 2. The van der Waals surface area contributed by atoms with Crippen LogP contribution in [0.2, 0.25) is 5.02 Å². The van der Waals surface area contributed by atoms with Crippen molar-refractivity contribution in [2.75, 3.05) is 10.6 Å². The predicted octanol–water partition coefficient (Wildman–Crippen LogP) is 4.84. The molecule has 0 fully saturated rings. The van der Waals surface area contributed by atoms with Crippen molar-refractivity contribution in [1.82, 2.24) is 9.78 Å². The largest absolute Gasteiger partial charge is 0.332 e. The van der Waals surface area contributed by atoms with Gasteiger partial charge in [0.15, 0.2) is 10.9 Å². The van der Waals surface area contributed by atoms with Crippen molar-refractivity contribution in [3.63, 3.8) is 0 Å². The molecule has 2 aromatic carbocycles. The highest BCUT2D eigenvalue weighted by atomic mass is 35.5. The molecule has 0 bridgehead atoms. The van der Waals surface area contributed by atoms with Gasteiger partial charge in [-0.2, -0.15) is 5.10 Å². The molecule has 25 heavy (non-hydrogen) atoms. The Kier molecular flexibility index (Phi) is 5.31. The summed E-state index contributed by atoms with van der Waals surface area (Å²) < 4.78 is 15.5. The van der Waals surface area contributed by atoms with Crippen LogP contribution in [-0.4, -0.2) is 14.9 Å². The Hall–Kier alpha value is -2.44. The number of nitrogens with one attached hydrogen (secondary N) is 2. The van der Waals surface area contributed by atoms with Crippen LogP contribution in [-0.2, 0) is 6.54 Å². The van der Waals surface area contributed by atoms with E-state index in [0.29, 0.717) is 21.5 Å². The summed E-state index contributed by atoms with van der Waals surface area (Å²) in [6.45, 7) is 2.25. The van der Waals surface area contributed by atoms with E-state index in [4.69, 9.17) is 23.8 Å². The fraction of sp³-hybridized carbons (Fsp3) is 0.111. The number of hydrogen-bond acceptors (Lipinski definition) is 2. The van der Waals surface area contributed by atoms with Crippen LogP contribution >= 0.6 is 23.8 Å². The fourth-order valence-corrected chi connectivity index (χ4v) is 2.81. The third-order valence-corrected chi connectivity index (χ3v) is 4.10. The Balaban J connectivity index is 1.64. The predicted molar refractivity (Wildman–Crippen MR) is 104 cm³/mol. The summed E-state index contributed by atoms with van der Waals surface area (Å²) in [6, 6.07) is 14.3. The van der Waals surface area contributed by atoms with Gasteiger partial charge in [-0.05, 0) is 49.0 Å². The molecule has 0 amide bonds. The summed E-state index contributed by atoms with van der Waals surface area (Å²) >= 11 is 11.3. The Morgan fingerprint density at radius 1 is 1.20 bits per heavy atom. The van der Waals surface area contributed by atoms with Crippen LogP contribution < -0.4 is 10.6 Å². The monoisotopic (exact) mass is 374 g/mol. The maximum Gasteiger partial charge on any atom is 0.176 e. The lowest BCUT2D eigenvalue weighted by atomic mass is 10.2. The molecule has 1 aromatic heterocycles. The van der Waals surface area contributed by atoms with Crippen molar-refractivity contribution in [3.8, 4) is 0 Å². The van der Waals surface area contributed by atoms with Gasteiger partial charge in [0.25, 0.3) is 0 Å². The molecule has 128 valence electrons. The molecule has 0 saturated heterocycles. The molecular formula is C18H16ClFN4S. The lowest BCUT2D eigenvalue weighted by molar-refractivity contribution is 0.586. The van der Waals surface area contributed by atoms with Crippen LogP contribution in [0.15, 0.2) is 54.7 Å². The Bertz CT molecular complexity index is 889. The number of anilines is 2. The highest BCUT2D eigenvalue weighted by Crippen LogP contribution is 2.20. The van der Waals surface area contributed by atoms with Gasteiger partial charge in [0, 0.05) is 28.5 Å². The number of halogens is 2. The molecule has 0 saturated carbocycles. The summed E-state index contributed by atoms with van der Waals surface area (Å²) in [7, 11) is 0. The summed E-state index contributed by atoms with van der Waals surface area (Å²) in [4.78, 5) is 0. The molecule has 3 rings (SSSR count). The van der Waals surface area contributed by atoms with Crippen molar-refractivity contribution >= 4 is 40.4 Å². The number of nitrogens with zero attached hydrogens (tertiary/aromatic N) is 2. The van der Waals surface area contributed by atoms with Gasteiger partial charge in [-0.25, -0.2) is 4.39 Å². The Labute approximate surface area is 155 Å². The van der Waals surface area contributed by atoms with Crippen molar-refractivity contribution in [3.05, 3.63) is 76.7 Å². The van der Waals surface area contributed by atoms with Gasteiger partial charge < -0.3 is 10.6 Å². The topological polar surface area (TPSA) is 41.9 Å². The number of aromatic nitrogens is 2. The second-order valence-corrected chi connectivity index (χ2v) is 6.36. The van der Waals surface area contributed by atoms with Crippen molar-refractivity contribution in [2.45, 2.75) is 13.5 Å². The third-order valence-electron chi connectivity index (χ3n) is 3.54. The Morgan fingerprint density at radius 2 is 2.00 bits per heavy atom. The second kappa shape index (κ2) is 7.63. The van der Waals surface area contributed by atoms with E-state index in [9.17, 15) is 4.39 Å². The first-order chi connectivity index (χ1) is 12.0. The van der Waals surface area contributed by atoms with E-state index in [-0.39, 0.29) is 12.4 Å². The van der Waals surface area contributed by atoms with E-state index in [1.54, 1.807) is 29.1 Å². The first-order valence-electron chi connectivity index (χ1n) is 7.62. The highest BCUT2D eigenvalue weighted by Gasteiger charge is 2.09. The molecule has 0 spiro atoms. The van der Waals surface area contributed by atoms with Gasteiger partial charge in [-0.15, -0.1) is 0 Å². The van der Waals surface area contributed by atoms with Crippen LogP contribution in [0.3, 0.4) is 0 Å². The van der Waals surface area contributed by atoms with Crippen LogP contribution in [0, 0.1) is 12.7 Å². The maximum absolute atomic E-state index is 13.9. The number of aryl methyl sites for hydroxylation is 1. The van der Waals surface area contributed by atoms with Gasteiger partial charge >= 0.3 is 0 Å². The van der Waals surface area contributed by atoms with E-state index in [1.165, 1.54) is 6.07 Å². The van der Waals surface area contributed by atoms with E-state index in [1.807, 2.05) is 31.2 Å². The standard InChI is InChI=1S/C18H16ClFN4S/c1-12-4-2-5-13(10-12)21-18(25)22-17-8-9-24(23-17)11-14-15(19)6-3-7-16(14)20/h2-10H,11H2,1H3,(H2,21,22,23,25). The van der Waals surface area contributed by atoms with Crippen molar-refractivity contribution in [2.24, 2.45) is 0 Å². The van der Waals surface area contributed by atoms with Gasteiger partial charge in [-0.3, -0.25) is 4.68 Å². The zero-order valence-electron chi connectivity index (χ0n) is 13.5. The zero-order chi connectivity index (χ0) is 17.8. The van der Waals surface area contributed by atoms with Gasteiger partial charge in [0.05, 0.1) is 6.54 Å². The highest BCUT2D eigenvalue weighted by molar-refractivity contribution is 7.80. The molecule has 2 N–H and O–H groups in total. The molecule has 0 radical (unpaired) electrons. The molecule has 0 atom stereocenters. The molecule has 7 heteroatoms. The van der Waals surface area contributed by atoms with E-state index in [2.05, 4.69) is 15.7 Å². The quantitative estimate of drug-likeness (QED) is 0.641. The minimum absolute atomic E-state index is 0.241. The minimum Gasteiger partial charge on any atom is -0.332 e. The molecular weight excluding hydrogens is 359 g/mol. The lowest BCUT2D eigenvalue weighted by Crippen LogP contribution is -2.19. The molecule has 0 aliphatic rings. The molecule has 1 heterocycles. The average Bonchev–Trinajstić information content (AvgIpc) is 2.98. The van der Waals surface area contributed by atoms with Gasteiger partial charge in [0.1, 0.15) is 5.82 Å². The van der Waals surface area contributed by atoms with E-state index >= 15 is 0 Å². The molecule has 0 aliphatic heterocycles. The number of thiocarbonyl (C=S) groups is 1. The van der Waals surface area contributed by atoms with Crippen molar-refractivity contribution < 1.29 is 4.39 Å².